The maximum atomic E-state index is 14.3. The van der Waals surface area contributed by atoms with E-state index in [0.29, 0.717) is 12.8 Å². The molecular weight excluding hydrogens is 597 g/mol. The summed E-state index contributed by atoms with van der Waals surface area (Å²) in [6, 6.07) is -1.12. The van der Waals surface area contributed by atoms with E-state index in [1.54, 1.807) is 27.7 Å². The zero-order chi connectivity index (χ0) is 32.7. The fourth-order valence-electron chi connectivity index (χ4n) is 5.25. The van der Waals surface area contributed by atoms with E-state index in [4.69, 9.17) is 33.7 Å². The highest BCUT2D eigenvalue weighted by Crippen LogP contribution is 2.53. The van der Waals surface area contributed by atoms with Gasteiger partial charge in [-0.1, -0.05) is 53.4 Å². The summed E-state index contributed by atoms with van der Waals surface area (Å²) in [5, 5.41) is 9.73. The topological polar surface area (TPSA) is 186 Å². The van der Waals surface area contributed by atoms with Crippen LogP contribution in [0, 0.1) is 5.92 Å². The number of likely N-dealkylation sites (N-methyl/N-ethyl adjacent to an activating group) is 1. The van der Waals surface area contributed by atoms with Crippen LogP contribution in [-0.4, -0.2) is 72.1 Å². The number of carbonyl (C=O) groups is 3. The van der Waals surface area contributed by atoms with Gasteiger partial charge in [0.2, 0.25) is 18.5 Å². The first-order valence-electron chi connectivity index (χ1n) is 15.9. The number of rotatable bonds is 16. The summed E-state index contributed by atoms with van der Waals surface area (Å²) >= 11 is 0. The van der Waals surface area contributed by atoms with Gasteiger partial charge in [-0.3, -0.25) is 0 Å². The molecule has 0 aromatic heterocycles. The molecule has 3 unspecified atom stereocenters. The van der Waals surface area contributed by atoms with E-state index in [0.717, 1.165) is 69.1 Å². The zero-order valence-corrected chi connectivity index (χ0v) is 27.7. The Hall–Kier alpha value is -2.57. The average molecular weight is 650 g/mol. The quantitative estimate of drug-likeness (QED) is 0.0591. The Bertz CT molecular complexity index is 934. The maximum Gasteiger partial charge on any atom is 0.510 e. The van der Waals surface area contributed by atoms with Crippen molar-refractivity contribution in [3.63, 3.8) is 0 Å². The first-order chi connectivity index (χ1) is 20.9. The molecule has 2 aliphatic rings. The van der Waals surface area contributed by atoms with Crippen molar-refractivity contribution < 1.29 is 52.1 Å². The third-order valence-corrected chi connectivity index (χ3v) is 8.98. The van der Waals surface area contributed by atoms with Crippen LogP contribution in [0.25, 0.3) is 0 Å². The number of guanidine groups is 1. The van der Waals surface area contributed by atoms with Gasteiger partial charge in [0.25, 0.3) is 0 Å². The van der Waals surface area contributed by atoms with Crippen molar-refractivity contribution in [1.29, 1.82) is 0 Å². The van der Waals surface area contributed by atoms with E-state index in [1.807, 2.05) is 0 Å². The van der Waals surface area contributed by atoms with Gasteiger partial charge in [-0.25, -0.2) is 28.0 Å². The molecule has 0 spiro atoms. The molecule has 2 fully saturated rings. The number of nitrogens with zero attached hydrogens (tertiary/aromatic N) is 2. The molecule has 0 amide bonds. The van der Waals surface area contributed by atoms with Gasteiger partial charge < -0.3 is 34.7 Å². The number of hydrogen-bond acceptors (Lipinski definition) is 10. The number of aliphatic carboxylic acids is 1. The molecule has 0 aromatic carbocycles. The minimum absolute atomic E-state index is 0.102. The van der Waals surface area contributed by atoms with Crippen molar-refractivity contribution in [2.24, 2.45) is 16.4 Å². The minimum Gasteiger partial charge on any atom is -0.480 e. The van der Waals surface area contributed by atoms with Crippen LogP contribution in [0.5, 0.6) is 0 Å². The van der Waals surface area contributed by atoms with E-state index in [1.165, 1.54) is 7.05 Å². The molecule has 0 bridgehead atoms. The zero-order valence-electron chi connectivity index (χ0n) is 26.8. The number of carbonyl (C=O) groups excluding carboxylic acids is 2. The summed E-state index contributed by atoms with van der Waals surface area (Å²) in [5.41, 5.74) is 6.14. The van der Waals surface area contributed by atoms with Gasteiger partial charge in [-0.05, 0) is 57.3 Å². The molecule has 2 rings (SSSR count). The number of ether oxygens (including phenoxy) is 4. The van der Waals surface area contributed by atoms with Crippen molar-refractivity contribution in [2.75, 3.05) is 7.05 Å². The van der Waals surface area contributed by atoms with Gasteiger partial charge in [0.15, 0.2) is 0 Å². The fourth-order valence-corrected chi connectivity index (χ4v) is 6.68. The molecular formula is C29H52N3O11P. The van der Waals surface area contributed by atoms with E-state index >= 15 is 0 Å². The standard InChI is InChI=1S/C29H52N3O11P/c1-6-14-23(40-28(35)38-21-16-10-8-11-17-21)42-44(37,31-27(30)32(5)25(20(3)4)26(33)34)43-24(15-7-2)41-29(36)39-22-18-12-9-13-19-22/h20-25H,6-19H2,1-5H3,(H,33,34)(H2,30,31,37). The molecule has 0 radical (unpaired) electrons. The molecule has 0 heterocycles. The Morgan fingerprint density at radius 2 is 1.25 bits per heavy atom. The van der Waals surface area contributed by atoms with E-state index in [2.05, 4.69) is 4.76 Å². The maximum absolute atomic E-state index is 14.3. The van der Waals surface area contributed by atoms with Crippen molar-refractivity contribution in [3.05, 3.63) is 0 Å². The lowest BCUT2D eigenvalue weighted by molar-refractivity contribution is -0.143. The fraction of sp³-hybridized carbons (Fsp3) is 0.862. The SMILES string of the molecule is CCCC(OC(=O)OC1CCCCC1)OP(=O)(N=C(N)N(C)C(C(=O)O)C(C)C)OC(CCC)OC(=O)OC1CCCCC1. The van der Waals surface area contributed by atoms with E-state index < -0.39 is 56.5 Å². The van der Waals surface area contributed by atoms with Gasteiger partial charge in [0.05, 0.1) is 0 Å². The van der Waals surface area contributed by atoms with Crippen molar-refractivity contribution in [2.45, 2.75) is 148 Å². The lowest BCUT2D eigenvalue weighted by Crippen LogP contribution is -2.48. The molecule has 3 atom stereocenters. The number of nitrogens with two attached hydrogens (primary N) is 1. The summed E-state index contributed by atoms with van der Waals surface area (Å²) in [6.45, 7) is 6.96. The van der Waals surface area contributed by atoms with Gasteiger partial charge in [0, 0.05) is 19.9 Å². The first kappa shape index (κ1) is 37.6. The molecule has 14 nitrogen and oxygen atoms in total. The largest absolute Gasteiger partial charge is 0.510 e. The molecule has 254 valence electrons. The molecule has 0 saturated heterocycles. The smallest absolute Gasteiger partial charge is 0.480 e. The highest BCUT2D eigenvalue weighted by Gasteiger charge is 2.38. The molecule has 0 aliphatic heterocycles. The lowest BCUT2D eigenvalue weighted by atomic mass is 9.98. The van der Waals surface area contributed by atoms with E-state index in [-0.39, 0.29) is 25.0 Å². The lowest BCUT2D eigenvalue weighted by Gasteiger charge is -2.30. The summed E-state index contributed by atoms with van der Waals surface area (Å²) in [7, 11) is -3.36. The van der Waals surface area contributed by atoms with Crippen LogP contribution in [0.3, 0.4) is 0 Å². The van der Waals surface area contributed by atoms with Crippen molar-refractivity contribution in [3.8, 4) is 0 Å². The van der Waals surface area contributed by atoms with Crippen molar-refractivity contribution in [1.82, 2.24) is 4.90 Å². The minimum atomic E-state index is -4.74. The van der Waals surface area contributed by atoms with Crippen LogP contribution < -0.4 is 5.73 Å². The van der Waals surface area contributed by atoms with Crippen LogP contribution in [0.2, 0.25) is 0 Å². The Morgan fingerprint density at radius 3 is 1.59 bits per heavy atom. The summed E-state index contributed by atoms with van der Waals surface area (Å²) in [4.78, 5) is 38.3. The summed E-state index contributed by atoms with van der Waals surface area (Å²) in [6.07, 6.45) is 4.50. The van der Waals surface area contributed by atoms with Crippen molar-refractivity contribution >= 4 is 32.0 Å². The Kier molecular flexibility index (Phi) is 16.3. The van der Waals surface area contributed by atoms with Crippen LogP contribution in [-0.2, 0) is 37.4 Å². The number of carboxylic acids is 1. The number of hydrogen-bond donors (Lipinski definition) is 2. The average Bonchev–Trinajstić information content (AvgIpc) is 2.93. The Morgan fingerprint density at radius 1 is 0.841 bits per heavy atom. The van der Waals surface area contributed by atoms with Crippen LogP contribution in [0.4, 0.5) is 9.59 Å². The summed E-state index contributed by atoms with van der Waals surface area (Å²) in [5.74, 6) is -2.04. The molecule has 44 heavy (non-hydrogen) atoms. The third-order valence-electron chi connectivity index (χ3n) is 7.52. The van der Waals surface area contributed by atoms with Gasteiger partial charge >= 0.3 is 26.0 Å². The van der Waals surface area contributed by atoms with Gasteiger partial charge in [-0.2, -0.15) is 0 Å². The monoisotopic (exact) mass is 649 g/mol. The second-order valence-electron chi connectivity index (χ2n) is 11.7. The highest BCUT2D eigenvalue weighted by atomic mass is 31.2. The van der Waals surface area contributed by atoms with E-state index in [9.17, 15) is 24.1 Å². The first-order valence-corrected chi connectivity index (χ1v) is 17.4. The summed E-state index contributed by atoms with van der Waals surface area (Å²) < 4.78 is 51.3. The van der Waals surface area contributed by atoms with Crippen LogP contribution in [0.1, 0.15) is 118 Å². The van der Waals surface area contributed by atoms with Crippen LogP contribution in [0.15, 0.2) is 4.76 Å². The predicted molar refractivity (Wildman–Crippen MR) is 162 cm³/mol. The molecule has 2 aliphatic carbocycles. The molecule has 15 heteroatoms. The highest BCUT2D eigenvalue weighted by molar-refractivity contribution is 7.52. The van der Waals surface area contributed by atoms with Crippen LogP contribution >= 0.6 is 7.75 Å². The molecule has 3 N–H and O–H groups in total. The Balaban J connectivity index is 2.31. The molecule has 2 saturated carbocycles. The normalized spacial score (nSPS) is 20.2. The third kappa shape index (κ3) is 13.2. The molecule has 0 aromatic rings. The number of carboxylic acid groups (broad SMARTS) is 1. The predicted octanol–water partition coefficient (Wildman–Crippen LogP) is 6.71. The second-order valence-corrected chi connectivity index (χ2v) is 13.3. The Labute approximate surface area is 260 Å². The van der Waals surface area contributed by atoms with Gasteiger partial charge in [0.1, 0.15) is 18.2 Å². The van der Waals surface area contributed by atoms with Gasteiger partial charge in [-0.15, -0.1) is 4.76 Å². The second kappa shape index (κ2) is 19.1.